The molecule has 1 aromatic carbocycles. The molecule has 1 unspecified atom stereocenters. The molecule has 2 heterocycles. The number of aryl methyl sites for hydroxylation is 1. The van der Waals surface area contributed by atoms with Gasteiger partial charge in [0.25, 0.3) is 0 Å². The highest BCUT2D eigenvalue weighted by molar-refractivity contribution is 6.30. The minimum Gasteiger partial charge on any atom is -0.345 e. The van der Waals surface area contributed by atoms with E-state index < -0.39 is 0 Å². The summed E-state index contributed by atoms with van der Waals surface area (Å²) in [6, 6.07) is 7.62. The summed E-state index contributed by atoms with van der Waals surface area (Å²) in [5, 5.41) is 0.710. The third-order valence-corrected chi connectivity index (χ3v) is 5.45. The lowest BCUT2D eigenvalue weighted by molar-refractivity contribution is -0.144. The van der Waals surface area contributed by atoms with Gasteiger partial charge < -0.3 is 9.80 Å². The van der Waals surface area contributed by atoms with Crippen LogP contribution >= 0.6 is 11.6 Å². The van der Waals surface area contributed by atoms with Gasteiger partial charge in [-0.15, -0.1) is 0 Å². The Bertz CT molecular complexity index is 602. The predicted octanol–water partition coefficient (Wildman–Crippen LogP) is 2.74. The SMILES string of the molecule is CN1CCCC2(CCN(C(=O)CCc3ccc(Cl)cc3)C2)C1=O. The summed E-state index contributed by atoms with van der Waals surface area (Å²) in [5.41, 5.74) is 0.799. The Labute approximate surface area is 142 Å². The molecule has 2 amide bonds. The van der Waals surface area contributed by atoms with Crippen LogP contribution in [0.2, 0.25) is 5.02 Å². The number of halogens is 1. The van der Waals surface area contributed by atoms with E-state index in [1.54, 1.807) is 0 Å². The number of hydrogen-bond acceptors (Lipinski definition) is 2. The number of hydrogen-bond donors (Lipinski definition) is 0. The Balaban J connectivity index is 1.57. The quantitative estimate of drug-likeness (QED) is 0.852. The van der Waals surface area contributed by atoms with E-state index >= 15 is 0 Å². The maximum atomic E-state index is 12.5. The van der Waals surface area contributed by atoms with Crippen molar-refractivity contribution in [2.45, 2.75) is 32.1 Å². The van der Waals surface area contributed by atoms with Gasteiger partial charge in [-0.05, 0) is 43.4 Å². The van der Waals surface area contributed by atoms with Crippen molar-refractivity contribution in [3.63, 3.8) is 0 Å². The molecular formula is C18H23ClN2O2. The van der Waals surface area contributed by atoms with Gasteiger partial charge in [-0.25, -0.2) is 0 Å². The van der Waals surface area contributed by atoms with Crippen LogP contribution in [0.5, 0.6) is 0 Å². The van der Waals surface area contributed by atoms with Crippen molar-refractivity contribution in [1.82, 2.24) is 9.80 Å². The van der Waals surface area contributed by atoms with Crippen LogP contribution in [-0.4, -0.2) is 48.3 Å². The van der Waals surface area contributed by atoms with Crippen LogP contribution in [0.4, 0.5) is 0 Å². The van der Waals surface area contributed by atoms with Crippen LogP contribution in [0.15, 0.2) is 24.3 Å². The third kappa shape index (κ3) is 3.37. The summed E-state index contributed by atoms with van der Waals surface area (Å²) >= 11 is 5.87. The molecule has 4 nitrogen and oxygen atoms in total. The van der Waals surface area contributed by atoms with Crippen LogP contribution in [-0.2, 0) is 16.0 Å². The van der Waals surface area contributed by atoms with E-state index in [0.29, 0.717) is 31.0 Å². The van der Waals surface area contributed by atoms with E-state index in [9.17, 15) is 9.59 Å². The number of carbonyl (C=O) groups is 2. The second-order valence-corrected chi connectivity index (χ2v) is 7.24. The molecule has 2 fully saturated rings. The van der Waals surface area contributed by atoms with Crippen molar-refractivity contribution < 1.29 is 9.59 Å². The fourth-order valence-electron chi connectivity index (χ4n) is 3.79. The minimum atomic E-state index is -0.317. The van der Waals surface area contributed by atoms with Crippen molar-refractivity contribution in [3.05, 3.63) is 34.9 Å². The fourth-order valence-corrected chi connectivity index (χ4v) is 3.92. The van der Waals surface area contributed by atoms with E-state index in [1.807, 2.05) is 41.1 Å². The summed E-state index contributed by atoms with van der Waals surface area (Å²) in [4.78, 5) is 28.7. The average molecular weight is 335 g/mol. The summed E-state index contributed by atoms with van der Waals surface area (Å²) in [6.07, 6.45) is 3.96. The van der Waals surface area contributed by atoms with Crippen LogP contribution in [0, 0.1) is 5.41 Å². The summed E-state index contributed by atoms with van der Waals surface area (Å²) in [5.74, 6) is 0.370. The highest BCUT2D eigenvalue weighted by Gasteiger charge is 2.48. The molecule has 3 rings (SSSR count). The smallest absolute Gasteiger partial charge is 0.230 e. The molecule has 2 aliphatic rings. The molecule has 5 heteroatoms. The Kier molecular flexibility index (Phi) is 4.62. The van der Waals surface area contributed by atoms with Gasteiger partial charge in [0.2, 0.25) is 11.8 Å². The zero-order valence-corrected chi connectivity index (χ0v) is 14.3. The summed E-state index contributed by atoms with van der Waals surface area (Å²) in [7, 11) is 1.87. The largest absolute Gasteiger partial charge is 0.345 e. The molecule has 0 bridgehead atoms. The molecular weight excluding hydrogens is 312 g/mol. The molecule has 2 saturated heterocycles. The van der Waals surface area contributed by atoms with Gasteiger partial charge in [-0.3, -0.25) is 9.59 Å². The molecule has 1 spiro atoms. The summed E-state index contributed by atoms with van der Waals surface area (Å²) in [6.45, 7) is 2.14. The average Bonchev–Trinajstić information content (AvgIpc) is 2.97. The molecule has 23 heavy (non-hydrogen) atoms. The topological polar surface area (TPSA) is 40.6 Å². The molecule has 0 radical (unpaired) electrons. The first-order valence-corrected chi connectivity index (χ1v) is 8.66. The highest BCUT2D eigenvalue weighted by Crippen LogP contribution is 2.39. The normalized spacial score (nSPS) is 24.5. The number of amides is 2. The Hall–Kier alpha value is -1.55. The molecule has 0 aromatic heterocycles. The Morgan fingerprint density at radius 1 is 1.22 bits per heavy atom. The molecule has 1 aromatic rings. The van der Waals surface area contributed by atoms with Crippen molar-refractivity contribution >= 4 is 23.4 Å². The number of piperidine rings is 1. The number of likely N-dealkylation sites (tertiary alicyclic amines) is 2. The van der Waals surface area contributed by atoms with E-state index in [4.69, 9.17) is 11.6 Å². The second-order valence-electron chi connectivity index (χ2n) is 6.80. The number of rotatable bonds is 3. The lowest BCUT2D eigenvalue weighted by Crippen LogP contribution is -2.48. The summed E-state index contributed by atoms with van der Waals surface area (Å²) < 4.78 is 0. The first kappa shape index (κ1) is 16.3. The number of carbonyl (C=O) groups excluding carboxylic acids is 2. The maximum Gasteiger partial charge on any atom is 0.230 e. The van der Waals surface area contributed by atoms with Gasteiger partial charge in [-0.2, -0.15) is 0 Å². The van der Waals surface area contributed by atoms with Crippen molar-refractivity contribution in [2.24, 2.45) is 5.41 Å². The first-order valence-electron chi connectivity index (χ1n) is 8.28. The van der Waals surface area contributed by atoms with Gasteiger partial charge in [0, 0.05) is 38.1 Å². The van der Waals surface area contributed by atoms with Crippen LogP contribution in [0.1, 0.15) is 31.2 Å². The monoisotopic (exact) mass is 334 g/mol. The first-order chi connectivity index (χ1) is 11.0. The molecule has 124 valence electrons. The highest BCUT2D eigenvalue weighted by atomic mass is 35.5. The minimum absolute atomic E-state index is 0.151. The fraction of sp³-hybridized carbons (Fsp3) is 0.556. The van der Waals surface area contributed by atoms with E-state index in [0.717, 1.165) is 31.4 Å². The van der Waals surface area contributed by atoms with Crippen LogP contribution in [0.25, 0.3) is 0 Å². The van der Waals surface area contributed by atoms with E-state index in [2.05, 4.69) is 0 Å². The molecule has 0 aliphatic carbocycles. The predicted molar refractivity (Wildman–Crippen MR) is 90.3 cm³/mol. The standard InChI is InChI=1S/C18H23ClN2O2/c1-20-11-2-9-18(17(20)23)10-12-21(13-18)16(22)8-5-14-3-6-15(19)7-4-14/h3-4,6-7H,2,5,8-13H2,1H3. The van der Waals surface area contributed by atoms with Gasteiger partial charge in [0.15, 0.2) is 0 Å². The van der Waals surface area contributed by atoms with E-state index in [1.165, 1.54) is 0 Å². The molecule has 2 aliphatic heterocycles. The Morgan fingerprint density at radius 2 is 1.96 bits per heavy atom. The zero-order valence-electron chi connectivity index (χ0n) is 13.6. The van der Waals surface area contributed by atoms with Crippen LogP contribution < -0.4 is 0 Å². The van der Waals surface area contributed by atoms with Gasteiger partial charge in [-0.1, -0.05) is 23.7 Å². The van der Waals surface area contributed by atoms with Gasteiger partial charge >= 0.3 is 0 Å². The Morgan fingerprint density at radius 3 is 2.70 bits per heavy atom. The molecule has 0 N–H and O–H groups in total. The number of benzene rings is 1. The lowest BCUT2D eigenvalue weighted by Gasteiger charge is -2.37. The van der Waals surface area contributed by atoms with Gasteiger partial charge in [0.05, 0.1) is 5.41 Å². The molecule has 0 saturated carbocycles. The van der Waals surface area contributed by atoms with Crippen LogP contribution in [0.3, 0.4) is 0 Å². The lowest BCUT2D eigenvalue weighted by atomic mass is 9.78. The zero-order chi connectivity index (χ0) is 16.4. The third-order valence-electron chi connectivity index (χ3n) is 5.20. The van der Waals surface area contributed by atoms with Crippen molar-refractivity contribution in [2.75, 3.05) is 26.7 Å². The second kappa shape index (κ2) is 6.52. The van der Waals surface area contributed by atoms with Gasteiger partial charge in [0.1, 0.15) is 0 Å². The van der Waals surface area contributed by atoms with Crippen molar-refractivity contribution in [1.29, 1.82) is 0 Å². The molecule has 1 atom stereocenters. The number of nitrogens with zero attached hydrogens (tertiary/aromatic N) is 2. The maximum absolute atomic E-state index is 12.5. The van der Waals surface area contributed by atoms with E-state index in [-0.39, 0.29) is 17.2 Å². The van der Waals surface area contributed by atoms with Crippen molar-refractivity contribution in [3.8, 4) is 0 Å².